The van der Waals surface area contributed by atoms with E-state index in [1.165, 1.54) is 4.31 Å². The Morgan fingerprint density at radius 1 is 1.00 bits per heavy atom. The Bertz CT molecular complexity index is 1190. The van der Waals surface area contributed by atoms with Gasteiger partial charge in [0.05, 0.1) is 11.9 Å². The summed E-state index contributed by atoms with van der Waals surface area (Å²) in [7, 11) is -3.61. The molecule has 1 aliphatic heterocycles. The molecule has 2 atom stereocenters. The summed E-state index contributed by atoms with van der Waals surface area (Å²) in [5.74, 6) is 0.673. The van der Waals surface area contributed by atoms with E-state index < -0.39 is 16.1 Å². The van der Waals surface area contributed by atoms with Crippen molar-refractivity contribution in [3.8, 4) is 11.5 Å². The molecule has 10 heteroatoms. The van der Waals surface area contributed by atoms with Crippen LogP contribution in [-0.4, -0.2) is 69.8 Å². The maximum atomic E-state index is 13.4. The fraction of sp³-hybridized carbons (Fsp3) is 0.500. The number of fused-ring (bicyclic) bond motifs is 1. The highest BCUT2D eigenvalue weighted by molar-refractivity contribution is 7.92. The van der Waals surface area contributed by atoms with E-state index in [4.69, 9.17) is 9.47 Å². The number of nitrogens with zero attached hydrogens (tertiary/aromatic N) is 2. The average Bonchev–Trinajstić information content (AvgIpc) is 2.90. The molecule has 0 unspecified atom stereocenters. The van der Waals surface area contributed by atoms with E-state index in [0.29, 0.717) is 49.8 Å². The molecular weight excluding hydrogens is 506 g/mol. The molecule has 38 heavy (non-hydrogen) atoms. The lowest BCUT2D eigenvalue weighted by atomic mass is 10.1. The number of hydrogen-bond donors (Lipinski definition) is 1. The predicted molar refractivity (Wildman–Crippen MR) is 148 cm³/mol. The van der Waals surface area contributed by atoms with Gasteiger partial charge in [-0.05, 0) is 50.8 Å². The number of rotatable bonds is 13. The summed E-state index contributed by atoms with van der Waals surface area (Å²) in [6.45, 7) is 6.99. The molecule has 0 saturated heterocycles. The molecule has 2 aromatic carbocycles. The number of benzene rings is 2. The lowest BCUT2D eigenvalue weighted by Crippen LogP contribution is -2.50. The molecule has 1 aliphatic rings. The van der Waals surface area contributed by atoms with Crippen LogP contribution in [0, 0.1) is 0 Å². The second kappa shape index (κ2) is 13.5. The highest BCUT2D eigenvalue weighted by atomic mass is 32.2. The van der Waals surface area contributed by atoms with Crippen molar-refractivity contribution in [1.82, 2.24) is 10.2 Å². The SMILES string of the molecule is CC[C@H](C)NC(=O)[C@H](C)N(CCc1ccccc1)C(=O)CCCN(c1ccc2c(c1)OCCO2)S(C)(=O)=O. The summed E-state index contributed by atoms with van der Waals surface area (Å²) in [6.07, 6.45) is 2.94. The van der Waals surface area contributed by atoms with E-state index in [-0.39, 0.29) is 30.8 Å². The summed E-state index contributed by atoms with van der Waals surface area (Å²) in [5, 5.41) is 2.96. The summed E-state index contributed by atoms with van der Waals surface area (Å²) in [4.78, 5) is 27.8. The third-order valence-electron chi connectivity index (χ3n) is 6.62. The lowest BCUT2D eigenvalue weighted by Gasteiger charge is -2.30. The number of amides is 2. The van der Waals surface area contributed by atoms with Gasteiger partial charge in [0.25, 0.3) is 0 Å². The van der Waals surface area contributed by atoms with E-state index in [2.05, 4.69) is 5.32 Å². The second-order valence-corrected chi connectivity index (χ2v) is 11.5. The van der Waals surface area contributed by atoms with Gasteiger partial charge in [-0.3, -0.25) is 13.9 Å². The van der Waals surface area contributed by atoms with Crippen molar-refractivity contribution in [1.29, 1.82) is 0 Å². The Kier molecular flexibility index (Phi) is 10.4. The number of carbonyl (C=O) groups excluding carboxylic acids is 2. The third kappa shape index (κ3) is 8.11. The van der Waals surface area contributed by atoms with Crippen molar-refractivity contribution in [3.05, 3.63) is 54.1 Å². The fourth-order valence-corrected chi connectivity index (χ4v) is 5.18. The molecule has 0 fully saturated rings. The molecule has 0 aromatic heterocycles. The zero-order chi connectivity index (χ0) is 27.7. The average molecular weight is 546 g/mol. The largest absolute Gasteiger partial charge is 0.486 e. The van der Waals surface area contributed by atoms with Crippen LogP contribution in [0.3, 0.4) is 0 Å². The van der Waals surface area contributed by atoms with Crippen LogP contribution in [0.4, 0.5) is 5.69 Å². The van der Waals surface area contributed by atoms with Crippen LogP contribution in [0.5, 0.6) is 11.5 Å². The summed E-state index contributed by atoms with van der Waals surface area (Å²) in [5.41, 5.74) is 1.52. The van der Waals surface area contributed by atoms with Gasteiger partial charge in [-0.15, -0.1) is 0 Å². The summed E-state index contributed by atoms with van der Waals surface area (Å²) < 4.78 is 37.6. The number of sulfonamides is 1. The van der Waals surface area contributed by atoms with E-state index in [0.717, 1.165) is 18.2 Å². The number of hydrogen-bond acceptors (Lipinski definition) is 6. The molecule has 1 N–H and O–H groups in total. The summed E-state index contributed by atoms with van der Waals surface area (Å²) >= 11 is 0. The normalized spacial score (nSPS) is 14.3. The minimum absolute atomic E-state index is 0.00495. The minimum atomic E-state index is -3.61. The van der Waals surface area contributed by atoms with Crippen molar-refractivity contribution >= 4 is 27.5 Å². The first-order valence-electron chi connectivity index (χ1n) is 13.1. The molecular formula is C28H39N3O6S. The number of anilines is 1. The first-order chi connectivity index (χ1) is 18.1. The standard InChI is InChI=1S/C28H39N3O6S/c1-5-21(2)29-28(33)22(3)30(17-15-23-10-7-6-8-11-23)27(32)12-9-16-31(38(4,34)35)24-13-14-25-26(20-24)37-19-18-36-25/h6-8,10-11,13-14,20-22H,5,9,12,15-19H2,1-4H3,(H,29,33)/t21-,22-/m0/s1. The molecule has 0 bridgehead atoms. The van der Waals surface area contributed by atoms with E-state index in [1.807, 2.05) is 44.2 Å². The van der Waals surface area contributed by atoms with E-state index >= 15 is 0 Å². The number of carbonyl (C=O) groups is 2. The number of nitrogens with one attached hydrogen (secondary N) is 1. The molecule has 208 valence electrons. The monoisotopic (exact) mass is 545 g/mol. The van der Waals surface area contributed by atoms with Crippen LogP contribution in [0.25, 0.3) is 0 Å². The topological polar surface area (TPSA) is 105 Å². The lowest BCUT2D eigenvalue weighted by molar-refractivity contribution is -0.140. The highest BCUT2D eigenvalue weighted by Crippen LogP contribution is 2.34. The zero-order valence-electron chi connectivity index (χ0n) is 22.7. The predicted octanol–water partition coefficient (Wildman–Crippen LogP) is 3.38. The molecule has 0 saturated carbocycles. The van der Waals surface area contributed by atoms with Crippen molar-refractivity contribution < 1.29 is 27.5 Å². The quantitative estimate of drug-likeness (QED) is 0.414. The molecule has 3 rings (SSSR count). The maximum Gasteiger partial charge on any atom is 0.242 e. The molecule has 2 aromatic rings. The number of ether oxygens (including phenoxy) is 2. The van der Waals surface area contributed by atoms with Gasteiger partial charge < -0.3 is 19.7 Å². The minimum Gasteiger partial charge on any atom is -0.486 e. The first-order valence-corrected chi connectivity index (χ1v) is 15.0. The van der Waals surface area contributed by atoms with Crippen LogP contribution >= 0.6 is 0 Å². The molecule has 9 nitrogen and oxygen atoms in total. The third-order valence-corrected chi connectivity index (χ3v) is 7.81. The zero-order valence-corrected chi connectivity index (χ0v) is 23.5. The van der Waals surface area contributed by atoms with Crippen molar-refractivity contribution in [2.75, 3.05) is 36.9 Å². The van der Waals surface area contributed by atoms with Crippen LogP contribution in [0.1, 0.15) is 45.6 Å². The van der Waals surface area contributed by atoms with Gasteiger partial charge in [0.1, 0.15) is 19.3 Å². The van der Waals surface area contributed by atoms with Crippen molar-refractivity contribution in [2.24, 2.45) is 0 Å². The van der Waals surface area contributed by atoms with E-state index in [9.17, 15) is 18.0 Å². The van der Waals surface area contributed by atoms with Gasteiger partial charge in [0.15, 0.2) is 11.5 Å². The molecule has 1 heterocycles. The molecule has 2 amide bonds. The van der Waals surface area contributed by atoms with Crippen molar-refractivity contribution in [3.63, 3.8) is 0 Å². The first kappa shape index (κ1) is 29.3. The molecule has 0 spiro atoms. The Morgan fingerprint density at radius 2 is 1.68 bits per heavy atom. The van der Waals surface area contributed by atoms with Gasteiger partial charge in [-0.25, -0.2) is 8.42 Å². The Morgan fingerprint density at radius 3 is 2.34 bits per heavy atom. The van der Waals surface area contributed by atoms with Gasteiger partial charge in [-0.1, -0.05) is 37.3 Å². The van der Waals surface area contributed by atoms with Crippen molar-refractivity contribution in [2.45, 2.75) is 58.5 Å². The van der Waals surface area contributed by atoms with Crippen LogP contribution < -0.4 is 19.1 Å². The Hall–Kier alpha value is -3.27. The van der Waals surface area contributed by atoms with Crippen LogP contribution in [0.15, 0.2) is 48.5 Å². The van der Waals surface area contributed by atoms with E-state index in [1.54, 1.807) is 30.0 Å². The van der Waals surface area contributed by atoms with Gasteiger partial charge in [0.2, 0.25) is 21.8 Å². The second-order valence-electron chi connectivity index (χ2n) is 9.58. The van der Waals surface area contributed by atoms with Gasteiger partial charge in [-0.2, -0.15) is 0 Å². The molecule has 0 radical (unpaired) electrons. The van der Waals surface area contributed by atoms with Crippen LogP contribution in [-0.2, 0) is 26.0 Å². The smallest absolute Gasteiger partial charge is 0.242 e. The van der Waals surface area contributed by atoms with Gasteiger partial charge >= 0.3 is 0 Å². The Balaban J connectivity index is 1.69. The van der Waals surface area contributed by atoms with Crippen LogP contribution in [0.2, 0.25) is 0 Å². The summed E-state index contributed by atoms with van der Waals surface area (Å²) in [6, 6.07) is 14.2. The maximum absolute atomic E-state index is 13.4. The molecule has 0 aliphatic carbocycles. The fourth-order valence-electron chi connectivity index (χ4n) is 4.23. The van der Waals surface area contributed by atoms with Gasteiger partial charge in [0, 0.05) is 31.6 Å². The highest BCUT2D eigenvalue weighted by Gasteiger charge is 2.27. The Labute approximate surface area is 226 Å².